The zero-order valence-corrected chi connectivity index (χ0v) is 19.2. The van der Waals surface area contributed by atoms with Crippen molar-refractivity contribution in [2.75, 3.05) is 0 Å². The fourth-order valence-corrected chi connectivity index (χ4v) is 4.71. The van der Waals surface area contributed by atoms with E-state index >= 15 is 0 Å². The molecule has 0 aliphatic carbocycles. The molecule has 1 heterocycles. The minimum atomic E-state index is 1.02. The molecule has 0 fully saturated rings. The van der Waals surface area contributed by atoms with Crippen molar-refractivity contribution in [2.24, 2.45) is 0 Å². The first kappa shape index (κ1) is 20.4. The third-order valence-electron chi connectivity index (χ3n) is 6.70. The Labute approximate surface area is 200 Å². The van der Waals surface area contributed by atoms with Gasteiger partial charge < -0.3 is 0 Å². The van der Waals surface area contributed by atoms with Crippen LogP contribution in [-0.2, 0) is 6.42 Å². The molecular formula is C33H25N. The first-order chi connectivity index (χ1) is 16.8. The van der Waals surface area contributed by atoms with Gasteiger partial charge in [0.2, 0.25) is 0 Å². The van der Waals surface area contributed by atoms with Crippen molar-refractivity contribution >= 4 is 21.7 Å². The highest BCUT2D eigenvalue weighted by Gasteiger charge is 2.07. The van der Waals surface area contributed by atoms with Crippen LogP contribution in [0.2, 0.25) is 0 Å². The molecule has 0 radical (unpaired) electrons. The first-order valence-electron chi connectivity index (χ1n) is 11.9. The molecule has 34 heavy (non-hydrogen) atoms. The second-order valence-electron chi connectivity index (χ2n) is 8.79. The largest absolute Gasteiger partial charge is 0.256 e. The summed E-state index contributed by atoms with van der Waals surface area (Å²) in [5.74, 6) is 0. The van der Waals surface area contributed by atoms with Crippen LogP contribution < -0.4 is 0 Å². The fourth-order valence-electron chi connectivity index (χ4n) is 4.71. The summed E-state index contributed by atoms with van der Waals surface area (Å²) >= 11 is 0. The lowest BCUT2D eigenvalue weighted by Gasteiger charge is -2.09. The van der Waals surface area contributed by atoms with Gasteiger partial charge in [0.05, 0.1) is 5.52 Å². The van der Waals surface area contributed by atoms with E-state index in [-0.39, 0.29) is 0 Å². The van der Waals surface area contributed by atoms with Crippen LogP contribution in [0.1, 0.15) is 12.5 Å². The van der Waals surface area contributed by atoms with Gasteiger partial charge in [-0.05, 0) is 62.7 Å². The molecule has 0 spiro atoms. The molecule has 0 N–H and O–H groups in total. The zero-order valence-electron chi connectivity index (χ0n) is 19.2. The summed E-state index contributed by atoms with van der Waals surface area (Å²) in [5.41, 5.74) is 9.62. The van der Waals surface area contributed by atoms with Crippen molar-refractivity contribution in [3.05, 3.63) is 127 Å². The minimum absolute atomic E-state index is 1.02. The van der Waals surface area contributed by atoms with E-state index in [2.05, 4.69) is 122 Å². The molecule has 6 rings (SSSR count). The molecule has 0 bridgehead atoms. The van der Waals surface area contributed by atoms with Gasteiger partial charge in [-0.2, -0.15) is 0 Å². The minimum Gasteiger partial charge on any atom is -0.256 e. The third-order valence-corrected chi connectivity index (χ3v) is 6.70. The van der Waals surface area contributed by atoms with Crippen LogP contribution >= 0.6 is 0 Å². The summed E-state index contributed by atoms with van der Waals surface area (Å²) in [7, 11) is 0. The highest BCUT2D eigenvalue weighted by atomic mass is 14.6. The molecule has 1 heteroatoms. The highest BCUT2D eigenvalue weighted by molar-refractivity contribution is 5.97. The van der Waals surface area contributed by atoms with E-state index in [0.29, 0.717) is 0 Å². The Morgan fingerprint density at radius 3 is 2.03 bits per heavy atom. The van der Waals surface area contributed by atoms with Gasteiger partial charge in [-0.1, -0.05) is 110 Å². The lowest BCUT2D eigenvalue weighted by Crippen LogP contribution is -1.86. The number of aromatic nitrogens is 1. The summed E-state index contributed by atoms with van der Waals surface area (Å²) in [6.07, 6.45) is 3.05. The Kier molecular flexibility index (Phi) is 5.16. The van der Waals surface area contributed by atoms with E-state index < -0.39 is 0 Å². The molecule has 0 saturated heterocycles. The number of rotatable bonds is 4. The average molecular weight is 436 g/mol. The number of benzene rings is 5. The number of pyridine rings is 1. The molecule has 0 amide bonds. The van der Waals surface area contributed by atoms with Crippen LogP contribution in [0.4, 0.5) is 0 Å². The van der Waals surface area contributed by atoms with Crippen LogP contribution in [-0.4, -0.2) is 4.98 Å². The van der Waals surface area contributed by atoms with Crippen molar-refractivity contribution in [1.29, 1.82) is 0 Å². The lowest BCUT2D eigenvalue weighted by molar-refractivity contribution is 1.14. The number of aryl methyl sites for hydroxylation is 1. The third kappa shape index (κ3) is 3.76. The average Bonchev–Trinajstić information content (AvgIpc) is 2.92. The smallest absolute Gasteiger partial charge is 0.0708 e. The van der Waals surface area contributed by atoms with Crippen LogP contribution in [0, 0.1) is 0 Å². The number of hydrogen-bond acceptors (Lipinski definition) is 1. The van der Waals surface area contributed by atoms with Gasteiger partial charge in [-0.3, -0.25) is 4.98 Å². The topological polar surface area (TPSA) is 12.9 Å². The van der Waals surface area contributed by atoms with Crippen molar-refractivity contribution in [1.82, 2.24) is 4.98 Å². The molecular weight excluding hydrogens is 410 g/mol. The second kappa shape index (κ2) is 8.61. The van der Waals surface area contributed by atoms with Gasteiger partial charge in [-0.15, -0.1) is 0 Å². The Morgan fingerprint density at radius 1 is 0.529 bits per heavy atom. The molecule has 0 unspecified atom stereocenters. The van der Waals surface area contributed by atoms with E-state index in [9.17, 15) is 0 Å². The maximum Gasteiger partial charge on any atom is 0.0708 e. The molecule has 0 saturated carbocycles. The Balaban J connectivity index is 1.32. The Bertz CT molecular complexity index is 1600. The summed E-state index contributed by atoms with van der Waals surface area (Å²) in [4.78, 5) is 4.80. The van der Waals surface area contributed by atoms with E-state index in [1.165, 1.54) is 44.2 Å². The molecule has 6 aromatic rings. The maximum absolute atomic E-state index is 4.80. The SMILES string of the molecule is CCc1ccc(-c2ccc3cc(-c4ccc(-c5cccc6ccccc56)cc4)cnc3c2)cc1. The summed E-state index contributed by atoms with van der Waals surface area (Å²) in [6.45, 7) is 2.18. The van der Waals surface area contributed by atoms with Crippen LogP contribution in [0.3, 0.4) is 0 Å². The molecule has 1 aromatic heterocycles. The molecule has 0 aliphatic rings. The van der Waals surface area contributed by atoms with Crippen LogP contribution in [0.25, 0.3) is 55.1 Å². The number of hydrogen-bond donors (Lipinski definition) is 0. The van der Waals surface area contributed by atoms with Crippen molar-refractivity contribution < 1.29 is 0 Å². The molecule has 1 nitrogen and oxygen atoms in total. The van der Waals surface area contributed by atoms with Gasteiger partial charge in [0.15, 0.2) is 0 Å². The lowest BCUT2D eigenvalue weighted by atomic mass is 9.96. The molecule has 5 aromatic carbocycles. The quantitative estimate of drug-likeness (QED) is 0.269. The predicted molar refractivity (Wildman–Crippen MR) is 145 cm³/mol. The predicted octanol–water partition coefficient (Wildman–Crippen LogP) is 8.95. The van der Waals surface area contributed by atoms with E-state index in [1.807, 2.05) is 6.20 Å². The van der Waals surface area contributed by atoms with Crippen LogP contribution in [0.5, 0.6) is 0 Å². The highest BCUT2D eigenvalue weighted by Crippen LogP contribution is 2.31. The molecule has 0 atom stereocenters. The van der Waals surface area contributed by atoms with Crippen molar-refractivity contribution in [2.45, 2.75) is 13.3 Å². The monoisotopic (exact) mass is 435 g/mol. The van der Waals surface area contributed by atoms with Gasteiger partial charge in [0.25, 0.3) is 0 Å². The standard InChI is InChI=1S/C33H25N/c1-2-23-10-12-24(13-11-23)28-18-19-29-20-30(22-34-33(29)21-28)25-14-16-27(17-15-25)32-9-5-7-26-6-3-4-8-31(26)32/h3-22H,2H2,1H3. The summed E-state index contributed by atoms with van der Waals surface area (Å²) in [6, 6.07) is 41.5. The van der Waals surface area contributed by atoms with Gasteiger partial charge >= 0.3 is 0 Å². The van der Waals surface area contributed by atoms with Crippen LogP contribution in [0.15, 0.2) is 121 Å². The molecule has 0 aliphatic heterocycles. The fraction of sp³-hybridized carbons (Fsp3) is 0.0606. The number of nitrogens with zero attached hydrogens (tertiary/aromatic N) is 1. The summed E-state index contributed by atoms with van der Waals surface area (Å²) < 4.78 is 0. The molecule has 162 valence electrons. The van der Waals surface area contributed by atoms with E-state index in [0.717, 1.165) is 22.9 Å². The van der Waals surface area contributed by atoms with Gasteiger partial charge in [-0.25, -0.2) is 0 Å². The Morgan fingerprint density at radius 2 is 1.21 bits per heavy atom. The Hall–Kier alpha value is -4.23. The van der Waals surface area contributed by atoms with Gasteiger partial charge in [0, 0.05) is 17.1 Å². The van der Waals surface area contributed by atoms with E-state index in [1.54, 1.807) is 0 Å². The van der Waals surface area contributed by atoms with Crippen molar-refractivity contribution in [3.8, 4) is 33.4 Å². The van der Waals surface area contributed by atoms with E-state index in [4.69, 9.17) is 4.98 Å². The normalized spacial score (nSPS) is 11.2. The van der Waals surface area contributed by atoms with Crippen molar-refractivity contribution in [3.63, 3.8) is 0 Å². The van der Waals surface area contributed by atoms with Gasteiger partial charge in [0.1, 0.15) is 0 Å². The number of fused-ring (bicyclic) bond motifs is 2. The second-order valence-corrected chi connectivity index (χ2v) is 8.79. The zero-order chi connectivity index (χ0) is 22.9. The first-order valence-corrected chi connectivity index (χ1v) is 11.9. The summed E-state index contributed by atoms with van der Waals surface area (Å²) in [5, 5.41) is 3.71. The maximum atomic E-state index is 4.80.